The van der Waals surface area contributed by atoms with Gasteiger partial charge in [-0.25, -0.2) is 4.68 Å². The van der Waals surface area contributed by atoms with Gasteiger partial charge in [0, 0.05) is 0 Å². The monoisotopic (exact) mass is 358 g/mol. The zero-order valence-electron chi connectivity index (χ0n) is 13.6. The summed E-state index contributed by atoms with van der Waals surface area (Å²) in [5, 5.41) is 12.7. The number of ether oxygens (including phenoxy) is 2. The van der Waals surface area contributed by atoms with Gasteiger partial charge in [-0.3, -0.25) is 4.79 Å². The average molecular weight is 358 g/mol. The Labute approximate surface area is 141 Å². The molecule has 25 heavy (non-hydrogen) atoms. The van der Waals surface area contributed by atoms with Gasteiger partial charge in [0.05, 0.1) is 26.5 Å². The molecule has 0 spiro atoms. The number of halogens is 3. The van der Waals surface area contributed by atoms with E-state index in [2.05, 4.69) is 5.10 Å². The summed E-state index contributed by atoms with van der Waals surface area (Å²) in [6.45, 7) is 0.747. The molecule has 0 bridgehead atoms. The van der Waals surface area contributed by atoms with E-state index in [9.17, 15) is 18.0 Å². The third kappa shape index (κ3) is 4.50. The van der Waals surface area contributed by atoms with Gasteiger partial charge in [-0.2, -0.15) is 18.3 Å². The Bertz CT molecular complexity index is 772. The third-order valence-electron chi connectivity index (χ3n) is 3.37. The quantitative estimate of drug-likeness (QED) is 0.856. The molecule has 1 unspecified atom stereocenters. The maximum absolute atomic E-state index is 13.3. The third-order valence-corrected chi connectivity index (χ3v) is 3.37. The Morgan fingerprint density at radius 1 is 1.28 bits per heavy atom. The highest BCUT2D eigenvalue weighted by atomic mass is 19.4. The van der Waals surface area contributed by atoms with Crippen LogP contribution in [0.4, 0.5) is 13.2 Å². The topological polar surface area (TPSA) is 73.6 Å². The van der Waals surface area contributed by atoms with E-state index in [1.54, 1.807) is 24.3 Å². The molecule has 0 saturated carbocycles. The molecular weight excluding hydrogens is 341 g/mol. The van der Waals surface area contributed by atoms with E-state index in [1.165, 1.54) is 14.0 Å². The van der Waals surface area contributed by atoms with Gasteiger partial charge in [0.1, 0.15) is 11.9 Å². The Morgan fingerprint density at radius 3 is 2.44 bits per heavy atom. The molecule has 1 aromatic heterocycles. The predicted octanol–water partition coefficient (Wildman–Crippen LogP) is 2.08. The molecular formula is C16H17F3N2O4. The summed E-state index contributed by atoms with van der Waals surface area (Å²) in [4.78, 5) is 12.2. The summed E-state index contributed by atoms with van der Waals surface area (Å²) in [7, 11) is 1.49. The number of hydrogen-bond donors (Lipinski definition) is 1. The summed E-state index contributed by atoms with van der Waals surface area (Å²) in [6, 6.07) is 6.51. The van der Waals surface area contributed by atoms with Gasteiger partial charge in [0.15, 0.2) is 11.3 Å². The van der Waals surface area contributed by atoms with Crippen LogP contribution in [0.3, 0.4) is 0 Å². The number of methoxy groups -OCH3 is 1. The zero-order valence-corrected chi connectivity index (χ0v) is 13.6. The summed E-state index contributed by atoms with van der Waals surface area (Å²) in [5.74, 6) is -0.119. The minimum atomic E-state index is -4.91. The Balaban J connectivity index is 2.41. The largest absolute Gasteiger partial charge is 0.497 e. The van der Waals surface area contributed by atoms with E-state index in [4.69, 9.17) is 14.6 Å². The van der Waals surface area contributed by atoms with Crippen molar-refractivity contribution in [2.75, 3.05) is 13.7 Å². The second-order valence-corrected chi connectivity index (χ2v) is 5.30. The lowest BCUT2D eigenvalue weighted by Crippen LogP contribution is -2.32. The predicted molar refractivity (Wildman–Crippen MR) is 82.8 cm³/mol. The fourth-order valence-electron chi connectivity index (χ4n) is 2.09. The number of hydrogen-bond acceptors (Lipinski definition) is 5. The van der Waals surface area contributed by atoms with Crippen LogP contribution in [0.25, 0.3) is 0 Å². The van der Waals surface area contributed by atoms with E-state index in [0.717, 1.165) is 6.20 Å². The summed E-state index contributed by atoms with van der Waals surface area (Å²) in [6.07, 6.45) is -4.98. The fraction of sp³-hybridized carbons (Fsp3) is 0.375. The van der Waals surface area contributed by atoms with Crippen LogP contribution in [-0.2, 0) is 12.7 Å². The van der Waals surface area contributed by atoms with E-state index in [0.29, 0.717) is 16.0 Å². The molecule has 6 nitrogen and oxygen atoms in total. The van der Waals surface area contributed by atoms with E-state index < -0.39 is 35.8 Å². The van der Waals surface area contributed by atoms with Crippen LogP contribution in [0.1, 0.15) is 18.1 Å². The molecule has 2 aromatic rings. The van der Waals surface area contributed by atoms with Crippen LogP contribution in [-0.4, -0.2) is 34.7 Å². The highest BCUT2D eigenvalue weighted by Crippen LogP contribution is 2.33. The number of aromatic nitrogens is 2. The molecule has 9 heteroatoms. The maximum Gasteiger partial charge on any atom is 0.425 e. The first kappa shape index (κ1) is 18.8. The van der Waals surface area contributed by atoms with Gasteiger partial charge < -0.3 is 14.6 Å². The van der Waals surface area contributed by atoms with Crippen molar-refractivity contribution in [1.82, 2.24) is 9.78 Å². The first-order chi connectivity index (χ1) is 11.8. The van der Waals surface area contributed by atoms with Gasteiger partial charge in [-0.15, -0.1) is 0 Å². The molecule has 1 heterocycles. The number of alkyl halides is 3. The minimum absolute atomic E-state index is 0.137. The van der Waals surface area contributed by atoms with Crippen molar-refractivity contribution in [3.63, 3.8) is 0 Å². The van der Waals surface area contributed by atoms with Crippen LogP contribution in [0.5, 0.6) is 11.5 Å². The van der Waals surface area contributed by atoms with E-state index in [1.807, 2.05) is 0 Å². The number of nitrogens with zero attached hydrogens (tertiary/aromatic N) is 2. The molecule has 136 valence electrons. The lowest BCUT2D eigenvalue weighted by atomic mass is 10.2. The summed E-state index contributed by atoms with van der Waals surface area (Å²) in [5.41, 5.74) is -2.18. The standard InChI is InChI=1S/C16H17F3N2O4/c1-10(9-22)25-13-7-20-21(15(23)14(13)16(17,18)19)8-11-3-5-12(24-2)6-4-11/h3-7,10,22H,8-9H2,1-2H3. The lowest BCUT2D eigenvalue weighted by Gasteiger charge is -2.17. The van der Waals surface area contributed by atoms with Crippen molar-refractivity contribution in [2.24, 2.45) is 0 Å². The Morgan fingerprint density at radius 2 is 1.92 bits per heavy atom. The molecule has 1 aromatic carbocycles. The van der Waals surface area contributed by atoms with Gasteiger partial charge in [-0.05, 0) is 24.6 Å². The Hall–Kier alpha value is -2.55. The Kier molecular flexibility index (Phi) is 5.68. The fourth-order valence-corrected chi connectivity index (χ4v) is 2.09. The van der Waals surface area contributed by atoms with Crippen molar-refractivity contribution in [2.45, 2.75) is 25.7 Å². The van der Waals surface area contributed by atoms with Gasteiger partial charge in [0.25, 0.3) is 5.56 Å². The van der Waals surface area contributed by atoms with Crippen LogP contribution in [0.15, 0.2) is 35.3 Å². The van der Waals surface area contributed by atoms with Crippen molar-refractivity contribution in [3.05, 3.63) is 51.9 Å². The van der Waals surface area contributed by atoms with Crippen LogP contribution in [0, 0.1) is 0 Å². The maximum atomic E-state index is 13.3. The SMILES string of the molecule is COc1ccc(Cn2ncc(OC(C)CO)c(C(F)(F)F)c2=O)cc1. The van der Waals surface area contributed by atoms with Crippen molar-refractivity contribution in [1.29, 1.82) is 0 Å². The highest BCUT2D eigenvalue weighted by molar-refractivity contribution is 5.32. The second-order valence-electron chi connectivity index (χ2n) is 5.30. The molecule has 0 fully saturated rings. The number of benzene rings is 1. The van der Waals surface area contributed by atoms with Gasteiger partial charge in [0.2, 0.25) is 0 Å². The number of rotatable bonds is 6. The minimum Gasteiger partial charge on any atom is -0.497 e. The van der Waals surface area contributed by atoms with Crippen LogP contribution < -0.4 is 15.0 Å². The molecule has 2 rings (SSSR count). The first-order valence-electron chi connectivity index (χ1n) is 7.34. The highest BCUT2D eigenvalue weighted by Gasteiger charge is 2.39. The molecule has 0 aliphatic rings. The van der Waals surface area contributed by atoms with E-state index >= 15 is 0 Å². The van der Waals surface area contributed by atoms with Crippen molar-refractivity contribution in [3.8, 4) is 11.5 Å². The van der Waals surface area contributed by atoms with E-state index in [-0.39, 0.29) is 6.54 Å². The smallest absolute Gasteiger partial charge is 0.425 e. The first-order valence-corrected chi connectivity index (χ1v) is 7.34. The van der Waals surface area contributed by atoms with Crippen LogP contribution in [0.2, 0.25) is 0 Å². The molecule has 0 amide bonds. The van der Waals surface area contributed by atoms with Gasteiger partial charge >= 0.3 is 6.18 Å². The zero-order chi connectivity index (χ0) is 18.6. The molecule has 1 N–H and O–H groups in total. The molecule has 0 radical (unpaired) electrons. The molecule has 1 atom stereocenters. The molecule has 0 aliphatic heterocycles. The summed E-state index contributed by atoms with van der Waals surface area (Å²) < 4.78 is 50.5. The van der Waals surface area contributed by atoms with Crippen molar-refractivity contribution >= 4 is 0 Å². The average Bonchev–Trinajstić information content (AvgIpc) is 2.56. The van der Waals surface area contributed by atoms with Crippen LogP contribution >= 0.6 is 0 Å². The van der Waals surface area contributed by atoms with Crippen molar-refractivity contribution < 1.29 is 27.8 Å². The molecule has 0 saturated heterocycles. The molecule has 0 aliphatic carbocycles. The van der Waals surface area contributed by atoms with Gasteiger partial charge in [-0.1, -0.05) is 12.1 Å². The number of aliphatic hydroxyl groups excluding tert-OH is 1. The number of aliphatic hydroxyl groups is 1. The second kappa shape index (κ2) is 7.56. The lowest BCUT2D eigenvalue weighted by molar-refractivity contribution is -0.141. The normalized spacial score (nSPS) is 12.7. The summed E-state index contributed by atoms with van der Waals surface area (Å²) >= 11 is 0.